The number of nitrogens with one attached hydrogen (secondary N) is 1. The summed E-state index contributed by atoms with van der Waals surface area (Å²) in [5, 5.41) is 5.28. The van der Waals surface area contributed by atoms with Gasteiger partial charge in [0.25, 0.3) is 0 Å². The minimum Gasteiger partial charge on any atom is -0.383 e. The molecule has 42 heavy (non-hydrogen) atoms. The van der Waals surface area contributed by atoms with Crippen molar-refractivity contribution >= 4 is 62.7 Å². The molecule has 0 radical (unpaired) electrons. The molecule has 3 N–H and O–H groups in total. The Morgan fingerprint density at radius 2 is 1.60 bits per heavy atom. The molecule has 7 rings (SSSR count). The highest BCUT2D eigenvalue weighted by Gasteiger charge is 2.30. The largest absolute Gasteiger partial charge is 0.383 e. The first kappa shape index (κ1) is 27.5. The van der Waals surface area contributed by atoms with E-state index in [-0.39, 0.29) is 0 Å². The van der Waals surface area contributed by atoms with E-state index in [1.54, 1.807) is 12.4 Å². The molecule has 5 aromatic rings. The van der Waals surface area contributed by atoms with Gasteiger partial charge in [-0.05, 0) is 62.6 Å². The number of hydrogen-bond donors (Lipinski definition) is 2. The van der Waals surface area contributed by atoms with Crippen LogP contribution in [-0.2, 0) is 7.05 Å². The van der Waals surface area contributed by atoms with Crippen molar-refractivity contribution in [1.82, 2.24) is 33.9 Å². The van der Waals surface area contributed by atoms with Crippen molar-refractivity contribution in [1.29, 1.82) is 0 Å². The highest BCUT2D eigenvalue weighted by Crippen LogP contribution is 2.39. The van der Waals surface area contributed by atoms with E-state index in [1.165, 1.54) is 25.9 Å². The zero-order chi connectivity index (χ0) is 29.0. The summed E-state index contributed by atoms with van der Waals surface area (Å²) in [6, 6.07) is 13.1. The number of hydrogen-bond acceptors (Lipinski definition) is 7. The Balaban J connectivity index is 1.13. The van der Waals surface area contributed by atoms with Crippen LogP contribution in [0.25, 0.3) is 33.2 Å². The third-order valence-electron chi connectivity index (χ3n) is 9.15. The summed E-state index contributed by atoms with van der Waals surface area (Å²) in [6.07, 6.45) is 8.52. The second kappa shape index (κ2) is 11.0. The van der Waals surface area contributed by atoms with Gasteiger partial charge in [-0.3, -0.25) is 4.90 Å². The molecule has 2 fully saturated rings. The van der Waals surface area contributed by atoms with E-state index in [2.05, 4.69) is 55.0 Å². The molecule has 3 aromatic heterocycles. The summed E-state index contributed by atoms with van der Waals surface area (Å²) in [5.41, 5.74) is 12.0. The van der Waals surface area contributed by atoms with Crippen LogP contribution in [0.15, 0.2) is 48.9 Å². The highest BCUT2D eigenvalue weighted by atomic mass is 35.5. The minimum absolute atomic E-state index is 0.401. The third kappa shape index (κ3) is 4.88. The fraction of sp³-hybridized carbons (Fsp3) is 0.387. The molecule has 11 heteroatoms. The number of likely N-dealkylation sites (N-methyl/N-ethyl adjacent to an activating group) is 1. The van der Waals surface area contributed by atoms with E-state index in [4.69, 9.17) is 33.9 Å². The number of rotatable bonds is 5. The molecule has 4 heterocycles. The van der Waals surface area contributed by atoms with Gasteiger partial charge < -0.3 is 25.1 Å². The SMILES string of the molecule is CN1CCN(C2CCC(n3cc(-c4ccc(Nc5nc6c(Cl)c(Cl)ccc6n5C)cc4)c4c(N)ncnc43)CC2)CC1. The highest BCUT2D eigenvalue weighted by molar-refractivity contribution is 6.45. The lowest BCUT2D eigenvalue weighted by Gasteiger charge is -2.41. The quantitative estimate of drug-likeness (QED) is 0.242. The van der Waals surface area contributed by atoms with E-state index >= 15 is 0 Å². The Morgan fingerprint density at radius 1 is 0.881 bits per heavy atom. The topological polar surface area (TPSA) is 93.1 Å². The molecule has 218 valence electrons. The van der Waals surface area contributed by atoms with E-state index in [1.807, 2.05) is 29.8 Å². The van der Waals surface area contributed by atoms with Gasteiger partial charge in [0.2, 0.25) is 5.95 Å². The summed E-state index contributed by atoms with van der Waals surface area (Å²) in [4.78, 5) is 18.9. The van der Waals surface area contributed by atoms with Crippen molar-refractivity contribution in [2.75, 3.05) is 44.3 Å². The lowest BCUT2D eigenvalue weighted by atomic mass is 9.89. The summed E-state index contributed by atoms with van der Waals surface area (Å²) < 4.78 is 4.32. The summed E-state index contributed by atoms with van der Waals surface area (Å²) >= 11 is 12.6. The molecule has 0 amide bonds. The zero-order valence-corrected chi connectivity index (χ0v) is 25.4. The maximum absolute atomic E-state index is 6.46. The number of nitrogen functional groups attached to an aromatic ring is 1. The number of aryl methyl sites for hydroxylation is 1. The molecule has 2 aromatic carbocycles. The second-order valence-electron chi connectivity index (χ2n) is 11.6. The Labute approximate surface area is 255 Å². The number of piperazine rings is 1. The molecule has 2 aliphatic rings. The average Bonchev–Trinajstić information content (AvgIpc) is 3.55. The average molecular weight is 605 g/mol. The maximum Gasteiger partial charge on any atom is 0.208 e. The molecule has 1 saturated heterocycles. The molecule has 0 atom stereocenters. The predicted molar refractivity (Wildman–Crippen MR) is 172 cm³/mol. The molecule has 0 unspecified atom stereocenters. The van der Waals surface area contributed by atoms with E-state index < -0.39 is 0 Å². The zero-order valence-electron chi connectivity index (χ0n) is 23.9. The Hall–Kier alpha value is -3.37. The second-order valence-corrected chi connectivity index (χ2v) is 12.4. The van der Waals surface area contributed by atoms with Crippen molar-refractivity contribution in [2.45, 2.75) is 37.8 Å². The molecule has 9 nitrogen and oxygen atoms in total. The number of anilines is 3. The molecule has 0 spiro atoms. The Kier molecular flexibility index (Phi) is 7.22. The van der Waals surface area contributed by atoms with Crippen molar-refractivity contribution in [3.63, 3.8) is 0 Å². The van der Waals surface area contributed by atoms with Gasteiger partial charge >= 0.3 is 0 Å². The molecule has 1 saturated carbocycles. The van der Waals surface area contributed by atoms with Crippen LogP contribution >= 0.6 is 23.2 Å². The van der Waals surface area contributed by atoms with Crippen LogP contribution in [0.2, 0.25) is 10.0 Å². The lowest BCUT2D eigenvalue weighted by molar-refractivity contribution is 0.0828. The monoisotopic (exact) mass is 603 g/mol. The van der Waals surface area contributed by atoms with Crippen LogP contribution in [0.5, 0.6) is 0 Å². The summed E-state index contributed by atoms with van der Waals surface area (Å²) in [6.45, 7) is 4.68. The van der Waals surface area contributed by atoms with Crippen LogP contribution in [0.1, 0.15) is 31.7 Å². The van der Waals surface area contributed by atoms with E-state index in [0.717, 1.165) is 59.3 Å². The molecular formula is C31H35Cl2N9. The maximum atomic E-state index is 6.46. The number of fused-ring (bicyclic) bond motifs is 2. The fourth-order valence-corrected chi connectivity index (χ4v) is 7.02. The van der Waals surface area contributed by atoms with E-state index in [0.29, 0.717) is 39.4 Å². The number of benzene rings is 2. The number of halogens is 2. The van der Waals surface area contributed by atoms with Gasteiger partial charge in [-0.1, -0.05) is 35.3 Å². The first-order valence-electron chi connectivity index (χ1n) is 14.6. The Bertz CT molecular complexity index is 1740. The van der Waals surface area contributed by atoms with Gasteiger partial charge in [-0.2, -0.15) is 0 Å². The van der Waals surface area contributed by atoms with E-state index in [9.17, 15) is 0 Å². The Morgan fingerprint density at radius 3 is 2.33 bits per heavy atom. The lowest BCUT2D eigenvalue weighted by Crippen LogP contribution is -2.49. The number of aromatic nitrogens is 5. The van der Waals surface area contributed by atoms with Crippen molar-refractivity contribution in [2.24, 2.45) is 7.05 Å². The van der Waals surface area contributed by atoms with Crippen molar-refractivity contribution < 1.29 is 0 Å². The van der Waals surface area contributed by atoms with Crippen LogP contribution in [-0.4, -0.2) is 73.2 Å². The fourth-order valence-electron chi connectivity index (χ4n) is 6.67. The first-order chi connectivity index (χ1) is 20.4. The number of nitrogens with two attached hydrogens (primary N) is 1. The van der Waals surface area contributed by atoms with Crippen LogP contribution in [0.4, 0.5) is 17.5 Å². The smallest absolute Gasteiger partial charge is 0.208 e. The van der Waals surface area contributed by atoms with Gasteiger partial charge in [0.15, 0.2) is 0 Å². The first-order valence-corrected chi connectivity index (χ1v) is 15.3. The van der Waals surface area contributed by atoms with Gasteiger partial charge in [0.05, 0.1) is 20.9 Å². The molecule has 1 aliphatic carbocycles. The van der Waals surface area contributed by atoms with Crippen molar-refractivity contribution in [3.8, 4) is 11.1 Å². The van der Waals surface area contributed by atoms with Gasteiger partial charge in [-0.25, -0.2) is 15.0 Å². The molecule has 0 bridgehead atoms. The minimum atomic E-state index is 0.401. The number of imidazole rings is 1. The number of nitrogens with zero attached hydrogens (tertiary/aromatic N) is 7. The van der Waals surface area contributed by atoms with Crippen LogP contribution < -0.4 is 11.1 Å². The van der Waals surface area contributed by atoms with Crippen LogP contribution in [0.3, 0.4) is 0 Å². The van der Waals surface area contributed by atoms with Crippen molar-refractivity contribution in [3.05, 3.63) is 59.0 Å². The summed E-state index contributed by atoms with van der Waals surface area (Å²) in [5.74, 6) is 1.20. The van der Waals surface area contributed by atoms with Crippen LogP contribution in [0, 0.1) is 0 Å². The van der Waals surface area contributed by atoms with Gasteiger partial charge in [0, 0.05) is 62.8 Å². The molecule has 1 aliphatic heterocycles. The van der Waals surface area contributed by atoms with Gasteiger partial charge in [-0.15, -0.1) is 0 Å². The van der Waals surface area contributed by atoms with Gasteiger partial charge in [0.1, 0.15) is 23.3 Å². The third-order valence-corrected chi connectivity index (χ3v) is 9.94. The summed E-state index contributed by atoms with van der Waals surface area (Å²) in [7, 11) is 4.17. The normalized spacial score (nSPS) is 20.5. The predicted octanol–water partition coefficient (Wildman–Crippen LogP) is 6.35. The molecular weight excluding hydrogens is 569 g/mol. The standard InChI is InChI=1S/C31H35Cl2N9/c1-39-13-15-41(16-14-39)21-7-9-22(10-8-21)42-17-23(26-29(34)35-18-36-30(26)42)19-3-5-20(6-4-19)37-31-38-28-25(40(31)2)12-11-24(32)27(28)33/h3-6,11-12,17-18,21-22H,7-10,13-16H2,1-2H3,(H,37,38)(H2,34,35,36).